The fourth-order valence-electron chi connectivity index (χ4n) is 1.64. The zero-order valence-corrected chi connectivity index (χ0v) is 9.18. The van der Waals surface area contributed by atoms with Crippen LogP contribution in [0.3, 0.4) is 0 Å². The Morgan fingerprint density at radius 3 is 2.36 bits per heavy atom. The highest BCUT2D eigenvalue weighted by Crippen LogP contribution is 2.43. The van der Waals surface area contributed by atoms with E-state index in [0.717, 1.165) is 12.4 Å². The van der Waals surface area contributed by atoms with Crippen LogP contribution in [0, 0.1) is 13.8 Å². The summed E-state index contributed by atoms with van der Waals surface area (Å²) < 4.78 is 10.8. The summed E-state index contributed by atoms with van der Waals surface area (Å²) in [7, 11) is 1.71. The number of aryl methyl sites for hydroxylation is 2. The Labute approximate surface area is 84.8 Å². The topological polar surface area (TPSA) is 21.8 Å². The Morgan fingerprint density at radius 2 is 1.86 bits per heavy atom. The van der Waals surface area contributed by atoms with E-state index in [1.54, 1.807) is 7.11 Å². The molecule has 0 aliphatic carbocycles. The van der Waals surface area contributed by atoms with E-state index in [-0.39, 0.29) is 5.60 Å². The van der Waals surface area contributed by atoms with Gasteiger partial charge in [-0.1, -0.05) is 0 Å². The molecule has 0 N–H and O–H groups in total. The maximum Gasteiger partial charge on any atom is 0.125 e. The van der Waals surface area contributed by atoms with Crippen LogP contribution in [0.4, 0.5) is 0 Å². The van der Waals surface area contributed by atoms with Gasteiger partial charge in [-0.15, -0.1) is 0 Å². The summed E-state index contributed by atoms with van der Waals surface area (Å²) in [5, 5.41) is 0. The summed E-state index contributed by atoms with van der Waals surface area (Å²) in [6.07, 6.45) is 0. The van der Waals surface area contributed by atoms with Crippen molar-refractivity contribution < 1.29 is 9.47 Å². The molecular weight excluding hydrogens is 176 g/mol. The molecule has 0 spiro atoms. The molecule has 1 saturated heterocycles. The molecule has 0 amide bonds. The third-order valence-corrected chi connectivity index (χ3v) is 2.96. The first-order valence-electron chi connectivity index (χ1n) is 4.86. The SMILES string of the molecule is COc1cc(C)c(C)cc1C1(C)CO1. The maximum atomic E-state index is 5.44. The summed E-state index contributed by atoms with van der Waals surface area (Å²) >= 11 is 0. The van der Waals surface area contributed by atoms with Crippen molar-refractivity contribution in [1.29, 1.82) is 0 Å². The summed E-state index contributed by atoms with van der Waals surface area (Å²) in [6, 6.07) is 4.25. The molecule has 1 fully saturated rings. The Morgan fingerprint density at radius 1 is 1.29 bits per heavy atom. The lowest BCUT2D eigenvalue weighted by atomic mass is 9.96. The van der Waals surface area contributed by atoms with Crippen molar-refractivity contribution in [2.45, 2.75) is 26.4 Å². The minimum Gasteiger partial charge on any atom is -0.496 e. The highest BCUT2D eigenvalue weighted by molar-refractivity contribution is 5.46. The first-order chi connectivity index (χ1) is 6.57. The predicted octanol–water partition coefficient (Wildman–Crippen LogP) is 2.56. The summed E-state index contributed by atoms with van der Waals surface area (Å²) in [5.41, 5.74) is 3.61. The largest absolute Gasteiger partial charge is 0.496 e. The summed E-state index contributed by atoms with van der Waals surface area (Å²) in [6.45, 7) is 7.10. The second kappa shape index (κ2) is 2.99. The van der Waals surface area contributed by atoms with Gasteiger partial charge >= 0.3 is 0 Å². The van der Waals surface area contributed by atoms with Crippen LogP contribution in [0.1, 0.15) is 23.6 Å². The van der Waals surface area contributed by atoms with Crippen molar-refractivity contribution in [2.75, 3.05) is 13.7 Å². The third-order valence-electron chi connectivity index (χ3n) is 2.96. The minimum atomic E-state index is -0.107. The van der Waals surface area contributed by atoms with Crippen LogP contribution in [0.5, 0.6) is 5.75 Å². The van der Waals surface area contributed by atoms with E-state index in [9.17, 15) is 0 Å². The van der Waals surface area contributed by atoms with Crippen LogP contribution < -0.4 is 4.74 Å². The van der Waals surface area contributed by atoms with E-state index in [4.69, 9.17) is 9.47 Å². The molecule has 76 valence electrons. The first kappa shape index (κ1) is 9.53. The highest BCUT2D eigenvalue weighted by Gasteiger charge is 2.43. The molecule has 1 aromatic rings. The lowest BCUT2D eigenvalue weighted by Gasteiger charge is -2.14. The fourth-order valence-corrected chi connectivity index (χ4v) is 1.64. The summed E-state index contributed by atoms with van der Waals surface area (Å²) in [4.78, 5) is 0. The number of methoxy groups -OCH3 is 1. The van der Waals surface area contributed by atoms with Crippen LogP contribution in [0.15, 0.2) is 12.1 Å². The number of hydrogen-bond acceptors (Lipinski definition) is 2. The zero-order valence-electron chi connectivity index (χ0n) is 9.18. The van der Waals surface area contributed by atoms with Gasteiger partial charge in [-0.05, 0) is 44.0 Å². The number of benzene rings is 1. The lowest BCUT2D eigenvalue weighted by Crippen LogP contribution is -2.06. The Bertz CT molecular complexity index is 365. The van der Waals surface area contributed by atoms with Gasteiger partial charge in [0.1, 0.15) is 11.4 Å². The van der Waals surface area contributed by atoms with E-state index in [2.05, 4.69) is 32.9 Å². The van der Waals surface area contributed by atoms with E-state index in [1.807, 2.05) is 0 Å². The highest BCUT2D eigenvalue weighted by atomic mass is 16.6. The number of ether oxygens (including phenoxy) is 2. The third kappa shape index (κ3) is 1.40. The number of epoxide rings is 1. The van der Waals surface area contributed by atoms with Crippen molar-refractivity contribution in [3.8, 4) is 5.75 Å². The van der Waals surface area contributed by atoms with Gasteiger partial charge in [0.25, 0.3) is 0 Å². The molecular formula is C12H16O2. The molecule has 14 heavy (non-hydrogen) atoms. The van der Waals surface area contributed by atoms with Gasteiger partial charge in [0, 0.05) is 5.56 Å². The van der Waals surface area contributed by atoms with Crippen molar-refractivity contribution >= 4 is 0 Å². The van der Waals surface area contributed by atoms with Gasteiger partial charge in [-0.25, -0.2) is 0 Å². The van der Waals surface area contributed by atoms with Crippen molar-refractivity contribution in [3.05, 3.63) is 28.8 Å². The molecule has 1 heterocycles. The average Bonchev–Trinajstić information content (AvgIpc) is 2.89. The van der Waals surface area contributed by atoms with Crippen LogP contribution in [0.2, 0.25) is 0 Å². The minimum absolute atomic E-state index is 0.107. The monoisotopic (exact) mass is 192 g/mol. The average molecular weight is 192 g/mol. The standard InChI is InChI=1S/C12H16O2/c1-8-5-10(12(3)7-14-12)11(13-4)6-9(8)2/h5-6H,7H2,1-4H3. The molecule has 1 aliphatic rings. The normalized spacial score (nSPS) is 24.9. The lowest BCUT2D eigenvalue weighted by molar-refractivity contribution is 0.316. The van der Waals surface area contributed by atoms with Gasteiger partial charge in [0.05, 0.1) is 13.7 Å². The van der Waals surface area contributed by atoms with Crippen molar-refractivity contribution in [2.24, 2.45) is 0 Å². The quantitative estimate of drug-likeness (QED) is 0.672. The van der Waals surface area contributed by atoms with Crippen LogP contribution in [0.25, 0.3) is 0 Å². The van der Waals surface area contributed by atoms with E-state index < -0.39 is 0 Å². The molecule has 0 saturated carbocycles. The molecule has 2 heteroatoms. The first-order valence-corrected chi connectivity index (χ1v) is 4.86. The van der Waals surface area contributed by atoms with Gasteiger partial charge < -0.3 is 9.47 Å². The Hall–Kier alpha value is -1.02. The summed E-state index contributed by atoms with van der Waals surface area (Å²) in [5.74, 6) is 0.938. The molecule has 0 bridgehead atoms. The van der Waals surface area contributed by atoms with Gasteiger partial charge in [0.15, 0.2) is 0 Å². The molecule has 1 aromatic carbocycles. The van der Waals surface area contributed by atoms with Crippen LogP contribution in [-0.2, 0) is 10.3 Å². The van der Waals surface area contributed by atoms with Gasteiger partial charge in [0.2, 0.25) is 0 Å². The second-order valence-corrected chi connectivity index (χ2v) is 4.16. The van der Waals surface area contributed by atoms with E-state index >= 15 is 0 Å². The zero-order chi connectivity index (χ0) is 10.3. The van der Waals surface area contributed by atoms with E-state index in [0.29, 0.717) is 0 Å². The van der Waals surface area contributed by atoms with E-state index in [1.165, 1.54) is 16.7 Å². The molecule has 1 aliphatic heterocycles. The van der Waals surface area contributed by atoms with Crippen LogP contribution >= 0.6 is 0 Å². The Kier molecular flexibility index (Phi) is 2.04. The predicted molar refractivity (Wildman–Crippen MR) is 55.8 cm³/mol. The molecule has 1 atom stereocenters. The van der Waals surface area contributed by atoms with Crippen molar-refractivity contribution in [3.63, 3.8) is 0 Å². The smallest absolute Gasteiger partial charge is 0.125 e. The molecule has 2 nitrogen and oxygen atoms in total. The number of rotatable bonds is 2. The van der Waals surface area contributed by atoms with Gasteiger partial charge in [-0.2, -0.15) is 0 Å². The molecule has 1 unspecified atom stereocenters. The maximum absolute atomic E-state index is 5.44. The Balaban J connectivity index is 2.52. The fraction of sp³-hybridized carbons (Fsp3) is 0.500. The number of hydrogen-bond donors (Lipinski definition) is 0. The second-order valence-electron chi connectivity index (χ2n) is 4.16. The van der Waals surface area contributed by atoms with Crippen LogP contribution in [-0.4, -0.2) is 13.7 Å². The molecule has 2 rings (SSSR count). The van der Waals surface area contributed by atoms with Gasteiger partial charge in [-0.3, -0.25) is 0 Å². The molecule has 0 aromatic heterocycles. The molecule has 0 radical (unpaired) electrons. The van der Waals surface area contributed by atoms with Crippen molar-refractivity contribution in [1.82, 2.24) is 0 Å².